The minimum Gasteiger partial charge on any atom is -0.467 e. The zero-order valence-corrected chi connectivity index (χ0v) is 21.4. The van der Waals surface area contributed by atoms with Gasteiger partial charge >= 0.3 is 12.0 Å². The number of ether oxygens (including phenoxy) is 2. The van der Waals surface area contributed by atoms with E-state index in [-0.39, 0.29) is 18.5 Å². The highest BCUT2D eigenvalue weighted by molar-refractivity contribution is 6.01. The van der Waals surface area contributed by atoms with Crippen LogP contribution in [0.2, 0.25) is 0 Å². The van der Waals surface area contributed by atoms with E-state index in [9.17, 15) is 14.4 Å². The highest BCUT2D eigenvalue weighted by Crippen LogP contribution is 2.27. The van der Waals surface area contributed by atoms with Gasteiger partial charge in [-0.1, -0.05) is 24.3 Å². The number of benzene rings is 1. The van der Waals surface area contributed by atoms with Crippen molar-refractivity contribution in [1.82, 2.24) is 15.4 Å². The normalized spacial score (nSPS) is 13.8. The Hall–Kier alpha value is -4.12. The Kier molecular flexibility index (Phi) is 10.7. The third-order valence-corrected chi connectivity index (χ3v) is 5.13. The largest absolute Gasteiger partial charge is 0.467 e. The van der Waals surface area contributed by atoms with E-state index in [1.165, 1.54) is 24.1 Å². The van der Waals surface area contributed by atoms with Crippen LogP contribution in [0.1, 0.15) is 30.5 Å². The zero-order chi connectivity index (χ0) is 26.7. The van der Waals surface area contributed by atoms with Crippen molar-refractivity contribution in [2.24, 2.45) is 10.2 Å². The highest BCUT2D eigenvalue weighted by atomic mass is 16.5. The summed E-state index contributed by atoms with van der Waals surface area (Å²) in [6.07, 6.45) is 4.94. The van der Waals surface area contributed by atoms with E-state index in [1.807, 2.05) is 51.1 Å². The number of methoxy groups -OCH3 is 2. The van der Waals surface area contributed by atoms with Crippen molar-refractivity contribution in [3.63, 3.8) is 0 Å². The number of aryl methyl sites for hydroxylation is 2. The molecule has 1 N–H and O–H groups in total. The summed E-state index contributed by atoms with van der Waals surface area (Å²) in [5.74, 6) is -0.736. The molecule has 1 aliphatic rings. The molecule has 0 aliphatic carbocycles. The summed E-state index contributed by atoms with van der Waals surface area (Å²) in [5.41, 5.74) is 6.59. The maximum absolute atomic E-state index is 12.3. The maximum Gasteiger partial charge on any atom is 0.358 e. The standard InChI is InChI=1S/C15H21NO4.C10H11N5O/c1-10-7-6-8-11(2)14(10)16(13(17)9-19-4)12(3)15(18)20-5;1-8-7-15(10(16)14-13-8)12-6-9-3-2-4-11-5-9/h6-8,12H,9H2,1-5H3;2-6H,7H2,1H3,(H,14,16)/b;12-6+. The number of urea groups is 1. The van der Waals surface area contributed by atoms with Gasteiger partial charge in [0, 0.05) is 25.1 Å². The Bertz CT molecular complexity index is 1100. The lowest BCUT2D eigenvalue weighted by Crippen LogP contribution is -2.46. The van der Waals surface area contributed by atoms with Crippen molar-refractivity contribution >= 4 is 35.5 Å². The molecule has 1 unspecified atom stereocenters. The smallest absolute Gasteiger partial charge is 0.358 e. The van der Waals surface area contributed by atoms with E-state index in [0.717, 1.165) is 28.1 Å². The number of hydrogen-bond donors (Lipinski definition) is 1. The van der Waals surface area contributed by atoms with Gasteiger partial charge in [-0.2, -0.15) is 10.2 Å². The third kappa shape index (κ3) is 7.70. The van der Waals surface area contributed by atoms with Gasteiger partial charge in [-0.15, -0.1) is 0 Å². The van der Waals surface area contributed by atoms with Gasteiger partial charge in [-0.3, -0.25) is 14.7 Å². The first kappa shape index (κ1) is 28.1. The molecule has 2 aromatic rings. The molecule has 11 nitrogen and oxygen atoms in total. The van der Waals surface area contributed by atoms with E-state index < -0.39 is 12.0 Å². The second-order valence-electron chi connectivity index (χ2n) is 7.99. The number of amides is 3. The fourth-order valence-electron chi connectivity index (χ4n) is 3.40. The van der Waals surface area contributed by atoms with Gasteiger partial charge in [0.15, 0.2) is 0 Å². The fourth-order valence-corrected chi connectivity index (χ4v) is 3.40. The van der Waals surface area contributed by atoms with Gasteiger partial charge in [-0.05, 0) is 44.9 Å². The molecular formula is C25H32N6O5. The second kappa shape index (κ2) is 13.7. The molecule has 1 aliphatic heterocycles. The zero-order valence-electron chi connectivity index (χ0n) is 21.4. The minimum atomic E-state index is -0.706. The lowest BCUT2D eigenvalue weighted by Gasteiger charge is -2.30. The number of aromatic nitrogens is 1. The number of esters is 1. The van der Waals surface area contributed by atoms with Crippen molar-refractivity contribution in [1.29, 1.82) is 0 Å². The molecule has 2 heterocycles. The lowest BCUT2D eigenvalue weighted by molar-refractivity contribution is -0.143. The predicted molar refractivity (Wildman–Crippen MR) is 137 cm³/mol. The molecule has 0 fully saturated rings. The van der Waals surface area contributed by atoms with E-state index in [2.05, 4.69) is 20.6 Å². The van der Waals surface area contributed by atoms with Crippen molar-refractivity contribution in [2.75, 3.05) is 32.3 Å². The van der Waals surface area contributed by atoms with Gasteiger partial charge in [0.25, 0.3) is 5.91 Å². The number of carbonyl (C=O) groups excluding carboxylic acids is 3. The van der Waals surface area contributed by atoms with E-state index in [1.54, 1.807) is 25.5 Å². The quantitative estimate of drug-likeness (QED) is 0.464. The molecule has 3 amide bonds. The number of anilines is 1. The Balaban J connectivity index is 0.000000259. The van der Waals surface area contributed by atoms with E-state index in [4.69, 9.17) is 9.47 Å². The Morgan fingerprint density at radius 1 is 1.19 bits per heavy atom. The average molecular weight is 497 g/mol. The number of hydrazone groups is 2. The van der Waals surface area contributed by atoms with Gasteiger partial charge in [0.1, 0.15) is 12.6 Å². The fraction of sp³-hybridized carbons (Fsp3) is 0.360. The van der Waals surface area contributed by atoms with E-state index in [0.29, 0.717) is 6.54 Å². The number of para-hydroxylation sites is 1. The molecule has 1 aromatic heterocycles. The van der Waals surface area contributed by atoms with E-state index >= 15 is 0 Å². The summed E-state index contributed by atoms with van der Waals surface area (Å²) in [5, 5.41) is 9.18. The SMILES string of the molecule is CC1=NNC(=O)N(/N=C/c2cccnc2)C1.COCC(=O)N(c1c(C)cccc1C)C(C)C(=O)OC. The number of nitrogens with one attached hydrogen (secondary N) is 1. The van der Waals surface area contributed by atoms with Crippen LogP contribution in [-0.2, 0) is 19.1 Å². The number of hydrogen-bond acceptors (Lipinski definition) is 8. The highest BCUT2D eigenvalue weighted by Gasteiger charge is 2.29. The average Bonchev–Trinajstić information content (AvgIpc) is 2.87. The first-order valence-electron chi connectivity index (χ1n) is 11.2. The van der Waals surface area contributed by atoms with Crippen molar-refractivity contribution in [3.05, 3.63) is 59.4 Å². The molecule has 1 atom stereocenters. The summed E-state index contributed by atoms with van der Waals surface area (Å²) >= 11 is 0. The molecule has 0 radical (unpaired) electrons. The summed E-state index contributed by atoms with van der Waals surface area (Å²) in [4.78, 5) is 40.8. The topological polar surface area (TPSA) is 126 Å². The number of nitrogens with zero attached hydrogens (tertiary/aromatic N) is 5. The van der Waals surface area contributed by atoms with Gasteiger partial charge in [0.2, 0.25) is 0 Å². The van der Waals surface area contributed by atoms with Crippen LogP contribution >= 0.6 is 0 Å². The molecule has 0 bridgehead atoms. The van der Waals surface area contributed by atoms with Crippen LogP contribution in [0.4, 0.5) is 10.5 Å². The minimum absolute atomic E-state index is 0.0882. The van der Waals surface area contributed by atoms with Crippen LogP contribution in [0, 0.1) is 13.8 Å². The van der Waals surface area contributed by atoms with Crippen molar-refractivity contribution in [3.8, 4) is 0 Å². The summed E-state index contributed by atoms with van der Waals surface area (Å²) < 4.78 is 9.65. The van der Waals surface area contributed by atoms with Crippen molar-refractivity contribution in [2.45, 2.75) is 33.7 Å². The molecule has 192 valence electrons. The van der Waals surface area contributed by atoms with Crippen LogP contribution in [0.5, 0.6) is 0 Å². The van der Waals surface area contributed by atoms with Crippen LogP contribution < -0.4 is 10.3 Å². The van der Waals surface area contributed by atoms with Crippen LogP contribution in [0.15, 0.2) is 52.9 Å². The van der Waals surface area contributed by atoms with Crippen LogP contribution in [-0.4, -0.2) is 73.2 Å². The first-order valence-corrected chi connectivity index (χ1v) is 11.2. The molecule has 3 rings (SSSR count). The molecule has 1 aromatic carbocycles. The predicted octanol–water partition coefficient (Wildman–Crippen LogP) is 2.66. The van der Waals surface area contributed by atoms with Crippen LogP contribution in [0.3, 0.4) is 0 Å². The summed E-state index contributed by atoms with van der Waals surface area (Å²) in [6, 6.07) is 8.35. The lowest BCUT2D eigenvalue weighted by atomic mass is 10.1. The van der Waals surface area contributed by atoms with Gasteiger partial charge in [-0.25, -0.2) is 20.0 Å². The van der Waals surface area contributed by atoms with Gasteiger partial charge < -0.3 is 9.47 Å². The second-order valence-corrected chi connectivity index (χ2v) is 7.99. The molecule has 0 spiro atoms. The first-order chi connectivity index (χ1) is 17.2. The Morgan fingerprint density at radius 3 is 2.47 bits per heavy atom. The van der Waals surface area contributed by atoms with Crippen molar-refractivity contribution < 1.29 is 23.9 Å². The summed E-state index contributed by atoms with van der Waals surface area (Å²) in [6.45, 7) is 7.59. The number of carbonyl (C=O) groups is 3. The Morgan fingerprint density at radius 2 is 1.89 bits per heavy atom. The molecule has 0 saturated carbocycles. The van der Waals surface area contributed by atoms with Gasteiger partial charge in [0.05, 0.1) is 31.3 Å². The Labute approximate surface area is 210 Å². The third-order valence-electron chi connectivity index (χ3n) is 5.13. The summed E-state index contributed by atoms with van der Waals surface area (Å²) in [7, 11) is 2.76. The number of rotatable bonds is 7. The van der Waals surface area contributed by atoms with Crippen LogP contribution in [0.25, 0.3) is 0 Å². The molecule has 0 saturated heterocycles. The maximum atomic E-state index is 12.3. The number of pyridine rings is 1. The molecular weight excluding hydrogens is 464 g/mol. The monoisotopic (exact) mass is 496 g/mol. The molecule has 11 heteroatoms. The molecule has 36 heavy (non-hydrogen) atoms.